The van der Waals surface area contributed by atoms with Crippen molar-refractivity contribution >= 4 is 57.2 Å². The average molecular weight is 686 g/mol. The molecule has 1 fully saturated rings. The van der Waals surface area contributed by atoms with Crippen LogP contribution in [0.25, 0.3) is 22.0 Å². The van der Waals surface area contributed by atoms with E-state index in [0.29, 0.717) is 68.2 Å². The number of halogens is 2. The summed E-state index contributed by atoms with van der Waals surface area (Å²) in [7, 11) is 6.79. The molecule has 0 saturated carbocycles. The van der Waals surface area contributed by atoms with Gasteiger partial charge >= 0.3 is 0 Å². The lowest BCUT2D eigenvalue weighted by molar-refractivity contribution is -0.383. The minimum atomic E-state index is -0.557. The summed E-state index contributed by atoms with van der Waals surface area (Å²) in [6.07, 6.45) is 2.20. The fraction of sp³-hybridized carbons (Fsp3) is 0.344. The Bertz CT molecular complexity index is 1860. The second-order valence-electron chi connectivity index (χ2n) is 11.1. The van der Waals surface area contributed by atoms with Gasteiger partial charge in [0.15, 0.2) is 0 Å². The number of benzene rings is 2. The monoisotopic (exact) mass is 684 g/mol. The summed E-state index contributed by atoms with van der Waals surface area (Å²) in [5.74, 6) is 0.538. The number of hydrogen-bond donors (Lipinski definition) is 1. The smallest absolute Gasteiger partial charge is 0.293 e. The Morgan fingerprint density at radius 2 is 1.77 bits per heavy atom. The molecule has 1 saturated heterocycles. The van der Waals surface area contributed by atoms with Gasteiger partial charge in [-0.15, -0.1) is 0 Å². The molecule has 47 heavy (non-hydrogen) atoms. The molecule has 1 aliphatic rings. The van der Waals surface area contributed by atoms with Crippen LogP contribution in [-0.4, -0.2) is 91.3 Å². The fourth-order valence-electron chi connectivity index (χ4n) is 5.42. The first-order valence-corrected chi connectivity index (χ1v) is 15.5. The predicted octanol–water partition coefficient (Wildman–Crippen LogP) is 5.46. The molecule has 13 nitrogen and oxygen atoms in total. The van der Waals surface area contributed by atoms with Gasteiger partial charge in [0.2, 0.25) is 0 Å². The van der Waals surface area contributed by atoms with E-state index in [0.717, 1.165) is 0 Å². The highest BCUT2D eigenvalue weighted by atomic mass is 35.5. The lowest BCUT2D eigenvalue weighted by atomic mass is 10.0. The van der Waals surface area contributed by atoms with Crippen LogP contribution in [0.5, 0.6) is 11.5 Å². The number of hydrogen-bond acceptors (Lipinski definition) is 10. The third kappa shape index (κ3) is 7.13. The van der Waals surface area contributed by atoms with Crippen molar-refractivity contribution in [3.05, 3.63) is 78.7 Å². The van der Waals surface area contributed by atoms with E-state index in [1.165, 1.54) is 32.4 Å². The lowest BCUT2D eigenvalue weighted by Crippen LogP contribution is -2.40. The Hall–Kier alpha value is -4.43. The first kappa shape index (κ1) is 33.9. The summed E-state index contributed by atoms with van der Waals surface area (Å²) < 4.78 is 17.8. The number of carbonyl (C=O) groups excluding carboxylic acids is 1. The number of nitro benzene ring substituents is 1. The molecule has 5 rings (SSSR count). The summed E-state index contributed by atoms with van der Waals surface area (Å²) in [5, 5.41) is 16.0. The van der Waals surface area contributed by atoms with Crippen LogP contribution in [-0.2, 0) is 11.3 Å². The van der Waals surface area contributed by atoms with Gasteiger partial charge in [0.05, 0.1) is 53.5 Å². The number of nitrogens with zero attached hydrogens (tertiary/aromatic N) is 5. The second kappa shape index (κ2) is 14.6. The minimum Gasteiger partial charge on any atom is -0.495 e. The van der Waals surface area contributed by atoms with Crippen molar-refractivity contribution < 1.29 is 23.9 Å². The number of nitrogens with one attached hydrogen (secondary N) is 1. The number of rotatable bonds is 11. The summed E-state index contributed by atoms with van der Waals surface area (Å²) >= 11 is 13.4. The van der Waals surface area contributed by atoms with E-state index in [9.17, 15) is 19.7 Å². The molecule has 15 heteroatoms. The number of amides is 1. The standard InChI is InChI=1S/C32H34Cl2N6O7/c1-37(2)8-5-9-39-23-16-27(36-22-7-6-19(15-24(22)40(43)44)31(41)38-10-12-47-13-11-38)35-18-20(23)14-21(32(39)42)28-29(33)25(45-3)17-26(46-4)30(28)34/h6-7,14-18H,5,8-13H2,1-4H3,(H,35,36). The summed E-state index contributed by atoms with van der Waals surface area (Å²) in [5.41, 5.74) is 0.727. The molecule has 3 heterocycles. The predicted molar refractivity (Wildman–Crippen MR) is 181 cm³/mol. The van der Waals surface area contributed by atoms with Gasteiger partial charge in [-0.25, -0.2) is 4.98 Å². The molecule has 0 unspecified atom stereocenters. The van der Waals surface area contributed by atoms with E-state index < -0.39 is 4.92 Å². The van der Waals surface area contributed by atoms with Crippen molar-refractivity contribution in [3.63, 3.8) is 0 Å². The molecule has 0 bridgehead atoms. The Labute approximate surface area is 280 Å². The van der Waals surface area contributed by atoms with Gasteiger partial charge < -0.3 is 33.9 Å². The van der Waals surface area contributed by atoms with Crippen LogP contribution < -0.4 is 20.3 Å². The molecule has 0 atom stereocenters. The maximum absolute atomic E-state index is 14.2. The summed E-state index contributed by atoms with van der Waals surface area (Å²) in [6, 6.07) is 9.12. The topological polar surface area (TPSA) is 141 Å². The number of methoxy groups -OCH3 is 2. The van der Waals surface area contributed by atoms with Crippen molar-refractivity contribution in [2.24, 2.45) is 0 Å². The van der Waals surface area contributed by atoms with Gasteiger partial charge in [-0.2, -0.15) is 0 Å². The molecule has 248 valence electrons. The normalized spacial score (nSPS) is 13.2. The minimum absolute atomic E-state index is 0.139. The van der Waals surface area contributed by atoms with Gasteiger partial charge in [0.25, 0.3) is 17.2 Å². The SMILES string of the molecule is COc1cc(OC)c(Cl)c(-c2cc3cnc(Nc4ccc(C(=O)N5CCOCC5)cc4[N+](=O)[O-])cc3n(CCCN(C)C)c2=O)c1Cl. The molecule has 1 amide bonds. The maximum Gasteiger partial charge on any atom is 0.293 e. The second-order valence-corrected chi connectivity index (χ2v) is 11.9. The van der Waals surface area contributed by atoms with Crippen molar-refractivity contribution in [2.75, 3.05) is 66.5 Å². The van der Waals surface area contributed by atoms with Crippen LogP contribution in [0, 0.1) is 10.1 Å². The van der Waals surface area contributed by atoms with Crippen LogP contribution >= 0.6 is 23.2 Å². The third-order valence-corrected chi connectivity index (χ3v) is 8.56. The van der Waals surface area contributed by atoms with E-state index in [4.69, 9.17) is 37.4 Å². The molecule has 4 aromatic rings. The molecule has 0 spiro atoms. The van der Waals surface area contributed by atoms with Crippen molar-refractivity contribution in [3.8, 4) is 22.6 Å². The van der Waals surface area contributed by atoms with E-state index in [1.54, 1.807) is 33.9 Å². The van der Waals surface area contributed by atoms with Crippen LogP contribution in [0.4, 0.5) is 17.2 Å². The first-order valence-electron chi connectivity index (χ1n) is 14.7. The van der Waals surface area contributed by atoms with Crippen LogP contribution in [0.2, 0.25) is 10.0 Å². The van der Waals surface area contributed by atoms with Gasteiger partial charge in [-0.3, -0.25) is 19.7 Å². The largest absolute Gasteiger partial charge is 0.495 e. The zero-order valence-corrected chi connectivity index (χ0v) is 27.9. The number of morpholine rings is 1. The number of nitro groups is 1. The van der Waals surface area contributed by atoms with Gasteiger partial charge in [-0.05, 0) is 45.3 Å². The number of ether oxygens (including phenoxy) is 3. The zero-order chi connectivity index (χ0) is 33.8. The highest BCUT2D eigenvalue weighted by molar-refractivity contribution is 6.41. The average Bonchev–Trinajstić information content (AvgIpc) is 3.06. The Morgan fingerprint density at radius 1 is 1.09 bits per heavy atom. The Kier molecular flexibility index (Phi) is 10.5. The number of aromatic nitrogens is 2. The molecule has 0 radical (unpaired) electrons. The molecule has 0 aliphatic carbocycles. The van der Waals surface area contributed by atoms with Crippen molar-refractivity contribution in [2.45, 2.75) is 13.0 Å². The first-order chi connectivity index (χ1) is 22.5. The molecule has 1 N–H and O–H groups in total. The van der Waals surface area contributed by atoms with E-state index >= 15 is 0 Å². The molecule has 2 aromatic carbocycles. The highest BCUT2D eigenvalue weighted by Crippen LogP contribution is 2.45. The highest BCUT2D eigenvalue weighted by Gasteiger charge is 2.25. The zero-order valence-electron chi connectivity index (χ0n) is 26.3. The quantitative estimate of drug-likeness (QED) is 0.160. The molecule has 2 aromatic heterocycles. The third-order valence-electron chi connectivity index (χ3n) is 7.81. The van der Waals surface area contributed by atoms with Gasteiger partial charge in [-0.1, -0.05) is 23.2 Å². The number of anilines is 2. The number of carbonyl (C=O) groups is 1. The number of aryl methyl sites for hydroxylation is 1. The lowest BCUT2D eigenvalue weighted by Gasteiger charge is -2.26. The van der Waals surface area contributed by atoms with Gasteiger partial charge in [0.1, 0.15) is 23.0 Å². The maximum atomic E-state index is 14.2. The van der Waals surface area contributed by atoms with Crippen LogP contribution in [0.15, 0.2) is 47.4 Å². The summed E-state index contributed by atoms with van der Waals surface area (Å²) in [4.78, 5) is 46.8. The molecular formula is C32H34Cl2N6O7. The Morgan fingerprint density at radius 3 is 2.38 bits per heavy atom. The van der Waals surface area contributed by atoms with Crippen LogP contribution in [0.3, 0.4) is 0 Å². The van der Waals surface area contributed by atoms with E-state index in [2.05, 4.69) is 10.3 Å². The van der Waals surface area contributed by atoms with Crippen LogP contribution in [0.1, 0.15) is 16.8 Å². The van der Waals surface area contributed by atoms with Crippen molar-refractivity contribution in [1.29, 1.82) is 0 Å². The van der Waals surface area contributed by atoms with Gasteiger partial charge in [0, 0.05) is 60.5 Å². The fourth-order valence-corrected chi connectivity index (χ4v) is 6.12. The van der Waals surface area contributed by atoms with E-state index in [1.807, 2.05) is 19.0 Å². The van der Waals surface area contributed by atoms with Crippen molar-refractivity contribution in [1.82, 2.24) is 19.4 Å². The Balaban J connectivity index is 1.59. The number of pyridine rings is 2. The molecule has 1 aliphatic heterocycles. The van der Waals surface area contributed by atoms with E-state index in [-0.39, 0.29) is 55.4 Å². The number of fused-ring (bicyclic) bond motifs is 1. The molecular weight excluding hydrogens is 651 g/mol. The summed E-state index contributed by atoms with van der Waals surface area (Å²) in [6.45, 7) is 2.71.